The standard InChI is InChI=1S/C35H47N7O4Si/c1-34(2,3)45-33(43)42(22-30(27-15-18-31(36)37-20-27)46-47(7,8)35(4,5)6)21-28-16-13-26-19-25(14-17-29(26)44-28)23-9-11-24(12-10-23)32-38-40-41-39-32/h9-12,14-15,17-20,28,30H,13,16,21-22H2,1-8H3,(H2,36,37)(H,38,39,40,41). The fourth-order valence-corrected chi connectivity index (χ4v) is 6.47. The van der Waals surface area contributed by atoms with Gasteiger partial charge in [-0.15, -0.1) is 10.2 Å². The van der Waals surface area contributed by atoms with E-state index >= 15 is 0 Å². The molecule has 250 valence electrons. The third-order valence-electron chi connectivity index (χ3n) is 8.80. The zero-order chi connectivity index (χ0) is 34.0. The van der Waals surface area contributed by atoms with Crippen LogP contribution in [0.4, 0.5) is 10.6 Å². The van der Waals surface area contributed by atoms with Crippen molar-refractivity contribution in [2.45, 2.75) is 90.3 Å². The van der Waals surface area contributed by atoms with Gasteiger partial charge >= 0.3 is 6.09 Å². The predicted molar refractivity (Wildman–Crippen MR) is 185 cm³/mol. The summed E-state index contributed by atoms with van der Waals surface area (Å²) in [6.07, 6.45) is 2.28. The van der Waals surface area contributed by atoms with Crippen molar-refractivity contribution in [3.8, 4) is 28.3 Å². The lowest BCUT2D eigenvalue weighted by Gasteiger charge is -2.41. The van der Waals surface area contributed by atoms with E-state index in [0.29, 0.717) is 24.7 Å². The summed E-state index contributed by atoms with van der Waals surface area (Å²) in [7, 11) is -2.24. The molecule has 47 heavy (non-hydrogen) atoms. The Balaban J connectivity index is 1.35. The van der Waals surface area contributed by atoms with Gasteiger partial charge < -0.3 is 24.5 Å². The predicted octanol–water partition coefficient (Wildman–Crippen LogP) is 7.20. The second kappa shape index (κ2) is 13.4. The van der Waals surface area contributed by atoms with Gasteiger partial charge in [-0.05, 0) is 97.4 Å². The van der Waals surface area contributed by atoms with Gasteiger partial charge in [-0.3, -0.25) is 0 Å². The summed E-state index contributed by atoms with van der Waals surface area (Å²) in [6, 6.07) is 18.0. The molecule has 0 saturated carbocycles. The number of aromatic nitrogens is 5. The van der Waals surface area contributed by atoms with Crippen molar-refractivity contribution in [3.05, 3.63) is 71.9 Å². The van der Waals surface area contributed by atoms with Gasteiger partial charge in [-0.1, -0.05) is 57.2 Å². The fourth-order valence-electron chi connectivity index (χ4n) is 5.20. The highest BCUT2D eigenvalue weighted by atomic mass is 28.4. The highest BCUT2D eigenvalue weighted by Gasteiger charge is 2.41. The lowest BCUT2D eigenvalue weighted by molar-refractivity contribution is 0.00491. The number of tetrazole rings is 1. The second-order valence-electron chi connectivity index (χ2n) is 14.7. The molecule has 0 radical (unpaired) electrons. The molecule has 0 spiro atoms. The summed E-state index contributed by atoms with van der Waals surface area (Å²) >= 11 is 0. The van der Waals surface area contributed by atoms with E-state index in [4.69, 9.17) is 19.6 Å². The van der Waals surface area contributed by atoms with Gasteiger partial charge in [0.05, 0.1) is 19.2 Å². The maximum Gasteiger partial charge on any atom is 0.410 e. The monoisotopic (exact) mass is 657 g/mol. The van der Waals surface area contributed by atoms with Crippen molar-refractivity contribution >= 4 is 20.2 Å². The van der Waals surface area contributed by atoms with Crippen molar-refractivity contribution in [1.82, 2.24) is 30.5 Å². The molecule has 1 aliphatic heterocycles. The zero-order valence-corrected chi connectivity index (χ0v) is 29.7. The average Bonchev–Trinajstić information content (AvgIpc) is 3.54. The number of carbonyl (C=O) groups excluding carboxylic acids is 1. The number of fused-ring (bicyclic) bond motifs is 1. The Bertz CT molecular complexity index is 1650. The summed E-state index contributed by atoms with van der Waals surface area (Å²) in [5.41, 5.74) is 10.3. The highest BCUT2D eigenvalue weighted by Crippen LogP contribution is 2.40. The quantitative estimate of drug-likeness (QED) is 0.179. The van der Waals surface area contributed by atoms with Crippen LogP contribution in [0.2, 0.25) is 18.1 Å². The van der Waals surface area contributed by atoms with Crippen LogP contribution in [0.1, 0.15) is 65.2 Å². The van der Waals surface area contributed by atoms with E-state index in [1.807, 2.05) is 45.0 Å². The molecule has 11 nitrogen and oxygen atoms in total. The maximum atomic E-state index is 13.7. The van der Waals surface area contributed by atoms with Crippen LogP contribution >= 0.6 is 0 Å². The number of nitrogens with one attached hydrogen (secondary N) is 1. The topological polar surface area (TPSA) is 141 Å². The molecule has 12 heteroatoms. The third kappa shape index (κ3) is 8.55. The molecule has 2 atom stereocenters. The van der Waals surface area contributed by atoms with E-state index < -0.39 is 26.1 Å². The summed E-state index contributed by atoms with van der Waals surface area (Å²) in [5.74, 6) is 1.82. The van der Waals surface area contributed by atoms with Crippen LogP contribution in [-0.2, 0) is 15.6 Å². The van der Waals surface area contributed by atoms with Gasteiger partial charge in [-0.25, -0.2) is 9.78 Å². The number of hydrogen-bond acceptors (Lipinski definition) is 9. The molecule has 2 aromatic heterocycles. The molecule has 1 aliphatic rings. The molecule has 0 aliphatic carbocycles. The van der Waals surface area contributed by atoms with Gasteiger partial charge in [0.2, 0.25) is 5.82 Å². The largest absolute Gasteiger partial charge is 0.488 e. The maximum absolute atomic E-state index is 13.7. The Kier molecular flexibility index (Phi) is 9.74. The van der Waals surface area contributed by atoms with Crippen LogP contribution in [0.15, 0.2) is 60.8 Å². The number of amides is 1. The Morgan fingerprint density at radius 3 is 2.36 bits per heavy atom. The van der Waals surface area contributed by atoms with Crippen LogP contribution in [0.5, 0.6) is 5.75 Å². The van der Waals surface area contributed by atoms with Crippen molar-refractivity contribution in [1.29, 1.82) is 0 Å². The van der Waals surface area contributed by atoms with Crippen LogP contribution in [0.25, 0.3) is 22.5 Å². The third-order valence-corrected chi connectivity index (χ3v) is 13.3. The zero-order valence-electron chi connectivity index (χ0n) is 28.7. The minimum Gasteiger partial charge on any atom is -0.488 e. The number of aromatic amines is 1. The molecular formula is C35H47N7O4Si. The molecule has 0 saturated heterocycles. The number of pyridine rings is 1. The van der Waals surface area contributed by atoms with E-state index in [-0.39, 0.29) is 11.1 Å². The number of benzene rings is 2. The minimum absolute atomic E-state index is 0.0332. The molecule has 2 aromatic carbocycles. The minimum atomic E-state index is -2.24. The van der Waals surface area contributed by atoms with Crippen molar-refractivity contribution in [2.75, 3.05) is 18.8 Å². The summed E-state index contributed by atoms with van der Waals surface area (Å²) < 4.78 is 19.3. The molecule has 3 heterocycles. The van der Waals surface area contributed by atoms with Crippen molar-refractivity contribution < 1.29 is 18.7 Å². The van der Waals surface area contributed by atoms with Crippen LogP contribution < -0.4 is 10.5 Å². The lowest BCUT2D eigenvalue weighted by atomic mass is 9.96. The number of nitrogens with two attached hydrogens (primary N) is 1. The number of hydrogen-bond donors (Lipinski definition) is 2. The van der Waals surface area contributed by atoms with E-state index in [9.17, 15) is 4.79 Å². The number of ether oxygens (including phenoxy) is 2. The molecular weight excluding hydrogens is 611 g/mol. The first-order chi connectivity index (χ1) is 22.1. The highest BCUT2D eigenvalue weighted by molar-refractivity contribution is 6.74. The Morgan fingerprint density at radius 1 is 1.04 bits per heavy atom. The Hall–Kier alpha value is -4.29. The normalized spacial score (nSPS) is 15.8. The number of nitrogens with zero attached hydrogens (tertiary/aromatic N) is 5. The smallest absolute Gasteiger partial charge is 0.410 e. The molecule has 0 bridgehead atoms. The van der Waals surface area contributed by atoms with Crippen LogP contribution in [0, 0.1) is 0 Å². The SMILES string of the molecule is CC(C)(C)OC(=O)N(CC1CCc2cc(-c3ccc(-c4nn[nH]n4)cc3)ccc2O1)CC(O[Si](C)(C)C(C)(C)C)c1ccc(N)nc1. The van der Waals surface area contributed by atoms with Crippen molar-refractivity contribution in [2.24, 2.45) is 0 Å². The summed E-state index contributed by atoms with van der Waals surface area (Å²) in [5, 5.41) is 14.2. The first-order valence-electron chi connectivity index (χ1n) is 16.1. The average molecular weight is 658 g/mol. The number of nitrogen functional groups attached to an aromatic ring is 1. The van der Waals surface area contributed by atoms with Gasteiger partial charge in [0.15, 0.2) is 8.32 Å². The van der Waals surface area contributed by atoms with E-state index in [2.05, 4.69) is 83.7 Å². The van der Waals surface area contributed by atoms with E-state index in [1.54, 1.807) is 17.2 Å². The second-order valence-corrected chi connectivity index (χ2v) is 19.4. The Labute approximate surface area is 278 Å². The van der Waals surface area contributed by atoms with Crippen LogP contribution in [0.3, 0.4) is 0 Å². The van der Waals surface area contributed by atoms with E-state index in [1.165, 1.54) is 0 Å². The molecule has 3 N–H and O–H groups in total. The summed E-state index contributed by atoms with van der Waals surface area (Å²) in [6.45, 7) is 17.3. The summed E-state index contributed by atoms with van der Waals surface area (Å²) in [4.78, 5) is 19.8. The number of anilines is 1. The van der Waals surface area contributed by atoms with Crippen molar-refractivity contribution in [3.63, 3.8) is 0 Å². The molecule has 1 amide bonds. The van der Waals surface area contributed by atoms with E-state index in [0.717, 1.165) is 46.4 Å². The first kappa shape index (κ1) is 34.1. The van der Waals surface area contributed by atoms with Gasteiger partial charge in [0.1, 0.15) is 23.3 Å². The van der Waals surface area contributed by atoms with Gasteiger partial charge in [0, 0.05) is 11.8 Å². The van der Waals surface area contributed by atoms with Crippen LogP contribution in [-0.4, -0.2) is 69.7 Å². The number of H-pyrrole nitrogens is 1. The lowest BCUT2D eigenvalue weighted by Crippen LogP contribution is -2.48. The Morgan fingerprint density at radius 2 is 1.74 bits per heavy atom. The number of rotatable bonds is 9. The molecule has 2 unspecified atom stereocenters. The van der Waals surface area contributed by atoms with Gasteiger partial charge in [-0.2, -0.15) is 5.21 Å². The number of aryl methyl sites for hydroxylation is 1. The molecule has 4 aromatic rings. The van der Waals surface area contributed by atoms with Gasteiger partial charge in [0.25, 0.3) is 0 Å². The number of carbonyl (C=O) groups is 1. The first-order valence-corrected chi connectivity index (χ1v) is 19.0. The molecule has 0 fully saturated rings. The molecule has 5 rings (SSSR count). The fraction of sp³-hybridized carbons (Fsp3) is 0.457.